The van der Waals surface area contributed by atoms with Crippen LogP contribution in [0, 0.1) is 0 Å². The summed E-state index contributed by atoms with van der Waals surface area (Å²) < 4.78 is 56.8. The Morgan fingerprint density at radius 2 is 1.86 bits per heavy atom. The van der Waals surface area contributed by atoms with Crippen molar-refractivity contribution in [3.05, 3.63) is 42.6 Å². The molecular weight excluding hydrogens is 500 g/mol. The zero-order valence-corrected chi connectivity index (χ0v) is 21.2. The van der Waals surface area contributed by atoms with Crippen LogP contribution < -0.4 is 4.90 Å². The Morgan fingerprint density at radius 1 is 1.05 bits per heavy atom. The van der Waals surface area contributed by atoms with Gasteiger partial charge in [-0.1, -0.05) is 0 Å². The molecule has 37 heavy (non-hydrogen) atoms. The fourth-order valence-electron chi connectivity index (χ4n) is 5.57. The van der Waals surface area contributed by atoms with E-state index in [0.717, 1.165) is 24.8 Å². The molecule has 3 aromatic rings. The van der Waals surface area contributed by atoms with Gasteiger partial charge in [0.15, 0.2) is 0 Å². The number of fused-ring (bicyclic) bond motifs is 1. The van der Waals surface area contributed by atoms with Crippen molar-refractivity contribution >= 4 is 32.7 Å². The van der Waals surface area contributed by atoms with Gasteiger partial charge in [0, 0.05) is 50.0 Å². The fourth-order valence-corrected chi connectivity index (χ4v) is 7.22. The normalized spacial score (nSPS) is 22.4. The lowest BCUT2D eigenvalue weighted by atomic mass is 10.0. The van der Waals surface area contributed by atoms with Crippen LogP contribution in [-0.4, -0.2) is 78.2 Å². The molecule has 2 aromatic heterocycles. The summed E-state index contributed by atoms with van der Waals surface area (Å²) in [5.74, 6) is -2.93. The molecule has 1 atom stereocenters. The van der Waals surface area contributed by atoms with E-state index in [0.29, 0.717) is 42.0 Å². The number of amides is 1. The van der Waals surface area contributed by atoms with E-state index in [9.17, 15) is 22.0 Å². The molecule has 0 radical (unpaired) electrons. The van der Waals surface area contributed by atoms with E-state index in [1.165, 1.54) is 16.4 Å². The highest BCUT2D eigenvalue weighted by molar-refractivity contribution is 7.89. The number of sulfonamides is 1. The zero-order valence-electron chi connectivity index (χ0n) is 20.4. The Labute approximate surface area is 214 Å². The molecule has 11 heteroatoms. The van der Waals surface area contributed by atoms with E-state index in [1.807, 2.05) is 6.07 Å². The predicted molar refractivity (Wildman–Crippen MR) is 136 cm³/mol. The van der Waals surface area contributed by atoms with Gasteiger partial charge in [0.2, 0.25) is 15.9 Å². The average Bonchev–Trinajstić information content (AvgIpc) is 3.46. The summed E-state index contributed by atoms with van der Waals surface area (Å²) in [6, 6.07) is 9.34. The number of anilines is 1. The monoisotopic (exact) mass is 529 g/mol. The largest absolute Gasteiger partial charge is 0.365 e. The minimum Gasteiger partial charge on any atom is -0.365 e. The molecule has 6 rings (SSSR count). The third-order valence-electron chi connectivity index (χ3n) is 7.69. The molecule has 3 saturated heterocycles. The number of alkyl halides is 2. The first kappa shape index (κ1) is 24.3. The van der Waals surface area contributed by atoms with Crippen molar-refractivity contribution in [2.24, 2.45) is 0 Å². The minimum absolute atomic E-state index is 0.0416. The molecule has 1 N–H and O–H groups in total. The van der Waals surface area contributed by atoms with E-state index < -0.39 is 28.5 Å². The topological polar surface area (TPSA) is 89.6 Å². The molecule has 0 spiro atoms. The summed E-state index contributed by atoms with van der Waals surface area (Å²) in [4.78, 5) is 24.1. The van der Waals surface area contributed by atoms with Crippen molar-refractivity contribution in [1.82, 2.24) is 19.2 Å². The molecular formula is C26H29F2N5O3S. The number of piperidine rings is 1. The SMILES string of the molecule is O=C([C@@H]1CCN1S(=O)(=O)c1ccc(N2CCC(F)(F)C2)c(-c2cc3ncccc3[nH]2)c1)N1CCCCC1. The number of carbonyl (C=O) groups is 1. The molecule has 3 aliphatic rings. The first-order valence-electron chi connectivity index (χ1n) is 12.7. The van der Waals surface area contributed by atoms with Gasteiger partial charge in [-0.15, -0.1) is 0 Å². The highest BCUT2D eigenvalue weighted by Gasteiger charge is 2.45. The number of nitrogens with zero attached hydrogens (tertiary/aromatic N) is 4. The van der Waals surface area contributed by atoms with Crippen LogP contribution in [0.2, 0.25) is 0 Å². The van der Waals surface area contributed by atoms with E-state index in [4.69, 9.17) is 0 Å². The minimum atomic E-state index is -3.97. The molecule has 196 valence electrons. The summed E-state index contributed by atoms with van der Waals surface area (Å²) in [6.07, 6.45) is 4.85. The van der Waals surface area contributed by atoms with Crippen LogP contribution >= 0.6 is 0 Å². The number of hydrogen-bond acceptors (Lipinski definition) is 5. The lowest BCUT2D eigenvalue weighted by molar-refractivity contribution is -0.139. The standard InChI is InChI=1S/C26H29F2N5O3S/c27-26(28)9-14-32(17-26)23-7-6-18(15-19(23)21-16-22-20(30-21)5-4-10-29-22)37(35,36)33-13-8-24(33)25(34)31-11-2-1-3-12-31/h4-7,10,15-16,24,30H,1-3,8-9,11-14,17H2/t24-/m0/s1. The molecule has 3 aliphatic heterocycles. The van der Waals surface area contributed by atoms with Gasteiger partial charge in [0.05, 0.1) is 28.2 Å². The lowest BCUT2D eigenvalue weighted by Crippen LogP contribution is -2.59. The third-order valence-corrected chi connectivity index (χ3v) is 9.59. The summed E-state index contributed by atoms with van der Waals surface area (Å²) in [6.45, 7) is 1.35. The second-order valence-corrected chi connectivity index (χ2v) is 12.0. The number of pyridine rings is 1. The van der Waals surface area contributed by atoms with Gasteiger partial charge < -0.3 is 14.8 Å². The van der Waals surface area contributed by atoms with Crippen LogP contribution in [0.25, 0.3) is 22.3 Å². The van der Waals surface area contributed by atoms with Crippen molar-refractivity contribution in [2.45, 2.75) is 49.0 Å². The van der Waals surface area contributed by atoms with Crippen LogP contribution in [0.4, 0.5) is 14.5 Å². The van der Waals surface area contributed by atoms with Crippen LogP contribution in [-0.2, 0) is 14.8 Å². The van der Waals surface area contributed by atoms with Crippen molar-refractivity contribution in [2.75, 3.05) is 37.6 Å². The van der Waals surface area contributed by atoms with Crippen LogP contribution in [0.1, 0.15) is 32.1 Å². The van der Waals surface area contributed by atoms with Gasteiger partial charge in [-0.05, 0) is 62.1 Å². The number of rotatable bonds is 5. The maximum Gasteiger partial charge on any atom is 0.266 e. The maximum absolute atomic E-state index is 14.1. The summed E-state index contributed by atoms with van der Waals surface area (Å²) >= 11 is 0. The number of halogens is 2. The van der Waals surface area contributed by atoms with E-state index in [1.54, 1.807) is 34.2 Å². The van der Waals surface area contributed by atoms with E-state index in [-0.39, 0.29) is 30.3 Å². The summed E-state index contributed by atoms with van der Waals surface area (Å²) in [7, 11) is -3.97. The van der Waals surface area contributed by atoms with Gasteiger partial charge in [-0.2, -0.15) is 4.31 Å². The van der Waals surface area contributed by atoms with Gasteiger partial charge >= 0.3 is 0 Å². The maximum atomic E-state index is 14.1. The lowest BCUT2D eigenvalue weighted by Gasteiger charge is -2.41. The number of benzene rings is 1. The van der Waals surface area contributed by atoms with Crippen molar-refractivity contribution in [3.8, 4) is 11.3 Å². The quantitative estimate of drug-likeness (QED) is 0.542. The van der Waals surface area contributed by atoms with Gasteiger partial charge in [0.1, 0.15) is 6.04 Å². The average molecular weight is 530 g/mol. The first-order valence-corrected chi connectivity index (χ1v) is 14.2. The van der Waals surface area contributed by atoms with Crippen LogP contribution in [0.5, 0.6) is 0 Å². The van der Waals surface area contributed by atoms with Gasteiger partial charge in [-0.3, -0.25) is 9.78 Å². The van der Waals surface area contributed by atoms with Crippen molar-refractivity contribution < 1.29 is 22.0 Å². The third kappa shape index (κ3) is 4.37. The number of H-pyrrole nitrogens is 1. The van der Waals surface area contributed by atoms with Crippen molar-refractivity contribution in [1.29, 1.82) is 0 Å². The molecule has 0 saturated carbocycles. The molecule has 0 unspecified atom stereocenters. The first-order chi connectivity index (χ1) is 17.7. The Morgan fingerprint density at radius 3 is 2.54 bits per heavy atom. The van der Waals surface area contributed by atoms with Gasteiger partial charge in [-0.25, -0.2) is 17.2 Å². The fraction of sp³-hybridized carbons (Fsp3) is 0.462. The van der Waals surface area contributed by atoms with E-state index >= 15 is 0 Å². The molecule has 1 amide bonds. The molecule has 3 fully saturated rings. The second-order valence-electron chi connectivity index (χ2n) is 10.1. The number of likely N-dealkylation sites (tertiary alicyclic amines) is 1. The number of hydrogen-bond donors (Lipinski definition) is 1. The highest BCUT2D eigenvalue weighted by atomic mass is 32.2. The second kappa shape index (κ2) is 9.05. The Bertz CT molecular complexity index is 1420. The Balaban J connectivity index is 1.37. The molecule has 0 aliphatic carbocycles. The zero-order chi connectivity index (χ0) is 25.8. The highest BCUT2D eigenvalue weighted by Crippen LogP contribution is 2.40. The predicted octanol–water partition coefficient (Wildman–Crippen LogP) is 3.85. The van der Waals surface area contributed by atoms with Crippen LogP contribution in [0.15, 0.2) is 47.5 Å². The smallest absolute Gasteiger partial charge is 0.266 e. The summed E-state index contributed by atoms with van der Waals surface area (Å²) in [5, 5.41) is 0. The molecule has 5 heterocycles. The molecule has 0 bridgehead atoms. The number of nitrogens with one attached hydrogen (secondary N) is 1. The van der Waals surface area contributed by atoms with Gasteiger partial charge in [0.25, 0.3) is 5.92 Å². The molecule has 1 aromatic carbocycles. The number of aromatic amines is 1. The summed E-state index contributed by atoms with van der Waals surface area (Å²) in [5.41, 5.74) is 3.10. The van der Waals surface area contributed by atoms with Crippen LogP contribution in [0.3, 0.4) is 0 Å². The van der Waals surface area contributed by atoms with Crippen molar-refractivity contribution in [3.63, 3.8) is 0 Å². The van der Waals surface area contributed by atoms with E-state index in [2.05, 4.69) is 9.97 Å². The number of aromatic nitrogens is 2. The number of carbonyl (C=O) groups excluding carboxylic acids is 1. The Kier molecular flexibility index (Phi) is 5.95. The Hall–Kier alpha value is -3.05. The molecule has 8 nitrogen and oxygen atoms in total.